The van der Waals surface area contributed by atoms with Crippen LogP contribution in [0.25, 0.3) is 0 Å². The first-order valence-electron chi connectivity index (χ1n) is 7.89. The molecular weight excluding hydrogens is 314 g/mol. The van der Waals surface area contributed by atoms with Crippen molar-refractivity contribution in [3.8, 4) is 0 Å². The summed E-state index contributed by atoms with van der Waals surface area (Å²) in [5, 5.41) is 9.76. The number of carbonyl (C=O) groups is 1. The smallest absolute Gasteiger partial charge is 0.221 e. The molecule has 0 aliphatic rings. The maximum atomic E-state index is 11.7. The molecule has 0 saturated carbocycles. The molecule has 1 atom stereocenters. The fourth-order valence-corrected chi connectivity index (χ4v) is 1.96. The molecule has 0 radical (unpaired) electrons. The second kappa shape index (κ2) is 10.8. The highest BCUT2D eigenvalue weighted by molar-refractivity contribution is 6.29. The molecule has 1 amide bonds. The molecule has 1 aromatic rings. The van der Waals surface area contributed by atoms with Gasteiger partial charge in [0.05, 0.1) is 0 Å². The molecule has 6 nitrogen and oxygen atoms in total. The van der Waals surface area contributed by atoms with E-state index in [-0.39, 0.29) is 11.9 Å². The maximum absolute atomic E-state index is 11.7. The highest BCUT2D eigenvalue weighted by Crippen LogP contribution is 2.05. The van der Waals surface area contributed by atoms with E-state index in [4.69, 9.17) is 11.6 Å². The molecule has 0 aliphatic heterocycles. The van der Waals surface area contributed by atoms with Crippen molar-refractivity contribution in [1.29, 1.82) is 0 Å². The van der Waals surface area contributed by atoms with E-state index < -0.39 is 0 Å². The molecule has 1 unspecified atom stereocenters. The van der Waals surface area contributed by atoms with Crippen LogP contribution in [-0.4, -0.2) is 43.0 Å². The largest absolute Gasteiger partial charge is 0.356 e. The summed E-state index contributed by atoms with van der Waals surface area (Å²) in [6.45, 7) is 5.31. The van der Waals surface area contributed by atoms with Crippen LogP contribution in [-0.2, 0) is 11.2 Å². The molecule has 1 rings (SSSR count). The number of aromatic nitrogens is 1. The first-order valence-corrected chi connectivity index (χ1v) is 8.27. The standard InChI is InChI=1S/C16H26ClN5O/c1-4-12(2)22-15(23)8-10-20-16(18-3)19-9-7-13-5-6-14(17)21-11-13/h5-6,11-12H,4,7-10H2,1-3H3,(H,22,23)(H2,18,19,20). The van der Waals surface area contributed by atoms with Gasteiger partial charge in [-0.25, -0.2) is 4.98 Å². The first-order chi connectivity index (χ1) is 11.0. The zero-order chi connectivity index (χ0) is 17.1. The van der Waals surface area contributed by atoms with E-state index in [0.717, 1.165) is 24.9 Å². The molecule has 128 valence electrons. The summed E-state index contributed by atoms with van der Waals surface area (Å²) in [6.07, 6.45) is 3.94. The topological polar surface area (TPSA) is 78.4 Å². The van der Waals surface area contributed by atoms with Crippen LogP contribution in [0.15, 0.2) is 23.3 Å². The summed E-state index contributed by atoms with van der Waals surface area (Å²) in [6, 6.07) is 3.94. The van der Waals surface area contributed by atoms with Gasteiger partial charge in [0.1, 0.15) is 5.15 Å². The van der Waals surface area contributed by atoms with Crippen molar-refractivity contribution in [1.82, 2.24) is 20.9 Å². The van der Waals surface area contributed by atoms with Crippen LogP contribution >= 0.6 is 11.6 Å². The average Bonchev–Trinajstić information content (AvgIpc) is 2.55. The number of hydrogen-bond acceptors (Lipinski definition) is 3. The Balaban J connectivity index is 2.22. The Kier molecular flexibility index (Phi) is 9.05. The Labute approximate surface area is 143 Å². The van der Waals surface area contributed by atoms with Crippen LogP contribution in [0.3, 0.4) is 0 Å². The van der Waals surface area contributed by atoms with E-state index in [1.54, 1.807) is 19.3 Å². The van der Waals surface area contributed by atoms with Crippen LogP contribution < -0.4 is 16.0 Å². The summed E-state index contributed by atoms with van der Waals surface area (Å²) in [4.78, 5) is 19.9. The number of carbonyl (C=O) groups excluding carboxylic acids is 1. The van der Waals surface area contributed by atoms with Crippen LogP contribution in [0.2, 0.25) is 5.15 Å². The van der Waals surface area contributed by atoms with Gasteiger partial charge in [-0.15, -0.1) is 0 Å². The zero-order valence-electron chi connectivity index (χ0n) is 14.0. The lowest BCUT2D eigenvalue weighted by atomic mass is 10.2. The predicted octanol–water partition coefficient (Wildman–Crippen LogP) is 1.75. The molecular formula is C16H26ClN5O. The molecule has 7 heteroatoms. The minimum absolute atomic E-state index is 0.0505. The molecule has 0 aliphatic carbocycles. The fraction of sp³-hybridized carbons (Fsp3) is 0.562. The Morgan fingerprint density at radius 3 is 2.70 bits per heavy atom. The van der Waals surface area contributed by atoms with E-state index in [2.05, 4.69) is 25.9 Å². The van der Waals surface area contributed by atoms with Crippen LogP contribution in [0.5, 0.6) is 0 Å². The molecule has 0 saturated heterocycles. The number of pyridine rings is 1. The number of nitrogens with zero attached hydrogens (tertiary/aromatic N) is 2. The Morgan fingerprint density at radius 2 is 2.09 bits per heavy atom. The van der Waals surface area contributed by atoms with Crippen molar-refractivity contribution in [2.24, 2.45) is 4.99 Å². The molecule has 3 N–H and O–H groups in total. The van der Waals surface area contributed by atoms with Gasteiger partial charge in [-0.05, 0) is 31.4 Å². The van der Waals surface area contributed by atoms with E-state index in [1.807, 2.05) is 19.9 Å². The van der Waals surface area contributed by atoms with Crippen LogP contribution in [0.1, 0.15) is 32.3 Å². The highest BCUT2D eigenvalue weighted by Gasteiger charge is 2.05. The Morgan fingerprint density at radius 1 is 1.35 bits per heavy atom. The van der Waals surface area contributed by atoms with Crippen molar-refractivity contribution in [2.75, 3.05) is 20.1 Å². The average molecular weight is 340 g/mol. The van der Waals surface area contributed by atoms with Crippen molar-refractivity contribution < 1.29 is 4.79 Å². The Bertz CT molecular complexity index is 504. The van der Waals surface area contributed by atoms with Gasteiger partial charge in [-0.2, -0.15) is 0 Å². The molecule has 1 heterocycles. The van der Waals surface area contributed by atoms with Crippen LogP contribution in [0, 0.1) is 0 Å². The second-order valence-corrected chi connectivity index (χ2v) is 5.68. The lowest BCUT2D eigenvalue weighted by Gasteiger charge is -2.13. The number of rotatable bonds is 8. The number of halogens is 1. The van der Waals surface area contributed by atoms with E-state index >= 15 is 0 Å². The molecule has 0 fully saturated rings. The fourth-order valence-electron chi connectivity index (χ4n) is 1.84. The van der Waals surface area contributed by atoms with E-state index in [0.29, 0.717) is 24.1 Å². The molecule has 0 bridgehead atoms. The third-order valence-electron chi connectivity index (χ3n) is 3.38. The van der Waals surface area contributed by atoms with Gasteiger partial charge in [-0.1, -0.05) is 24.6 Å². The maximum Gasteiger partial charge on any atom is 0.221 e. The van der Waals surface area contributed by atoms with Crippen molar-refractivity contribution >= 4 is 23.5 Å². The summed E-state index contributed by atoms with van der Waals surface area (Å²) in [5.41, 5.74) is 1.10. The summed E-state index contributed by atoms with van der Waals surface area (Å²) in [7, 11) is 1.71. The van der Waals surface area contributed by atoms with E-state index in [1.165, 1.54) is 0 Å². The lowest BCUT2D eigenvalue weighted by molar-refractivity contribution is -0.121. The summed E-state index contributed by atoms with van der Waals surface area (Å²) in [5.74, 6) is 0.734. The van der Waals surface area contributed by atoms with Crippen molar-refractivity contribution in [2.45, 2.75) is 39.2 Å². The second-order valence-electron chi connectivity index (χ2n) is 5.29. The summed E-state index contributed by atoms with van der Waals surface area (Å²) >= 11 is 5.75. The van der Waals surface area contributed by atoms with Gasteiger partial charge in [0.2, 0.25) is 5.91 Å². The summed E-state index contributed by atoms with van der Waals surface area (Å²) < 4.78 is 0. The van der Waals surface area contributed by atoms with Gasteiger partial charge < -0.3 is 16.0 Å². The third-order valence-corrected chi connectivity index (χ3v) is 3.61. The number of hydrogen-bond donors (Lipinski definition) is 3. The normalized spacial score (nSPS) is 12.6. The lowest BCUT2D eigenvalue weighted by Crippen LogP contribution is -2.41. The first kappa shape index (κ1) is 19.2. The number of guanidine groups is 1. The van der Waals surface area contributed by atoms with E-state index in [9.17, 15) is 4.79 Å². The molecule has 0 aromatic carbocycles. The SMILES string of the molecule is CCC(C)NC(=O)CCNC(=NC)NCCc1ccc(Cl)nc1. The van der Waals surface area contributed by atoms with Gasteiger partial charge in [0.25, 0.3) is 0 Å². The Hall–Kier alpha value is -1.82. The van der Waals surface area contributed by atoms with Gasteiger partial charge in [0.15, 0.2) is 5.96 Å². The van der Waals surface area contributed by atoms with Crippen molar-refractivity contribution in [3.05, 3.63) is 29.0 Å². The molecule has 23 heavy (non-hydrogen) atoms. The molecule has 0 spiro atoms. The number of nitrogens with one attached hydrogen (secondary N) is 3. The quantitative estimate of drug-likeness (QED) is 0.383. The van der Waals surface area contributed by atoms with Gasteiger partial charge >= 0.3 is 0 Å². The number of aliphatic imine (C=N–C) groups is 1. The zero-order valence-corrected chi connectivity index (χ0v) is 14.8. The van der Waals surface area contributed by atoms with Crippen molar-refractivity contribution in [3.63, 3.8) is 0 Å². The third kappa shape index (κ3) is 8.40. The monoisotopic (exact) mass is 339 g/mol. The van der Waals surface area contributed by atoms with Crippen LogP contribution in [0.4, 0.5) is 0 Å². The number of amides is 1. The molecule has 1 aromatic heterocycles. The van der Waals surface area contributed by atoms with Gasteiger partial charge in [0, 0.05) is 38.8 Å². The predicted molar refractivity (Wildman–Crippen MR) is 94.8 cm³/mol. The minimum Gasteiger partial charge on any atom is -0.356 e. The van der Waals surface area contributed by atoms with Gasteiger partial charge in [-0.3, -0.25) is 9.79 Å². The minimum atomic E-state index is 0.0505. The highest BCUT2D eigenvalue weighted by atomic mass is 35.5.